The minimum Gasteiger partial charge on any atom is -0.477 e. The zero-order valence-corrected chi connectivity index (χ0v) is 14.2. The number of fused-ring (bicyclic) bond motifs is 1. The van der Waals surface area contributed by atoms with Crippen molar-refractivity contribution in [1.82, 2.24) is 14.5 Å². The molecule has 1 N–H and O–H groups in total. The minimum atomic E-state index is -0.260. The summed E-state index contributed by atoms with van der Waals surface area (Å²) in [7, 11) is 0. The summed E-state index contributed by atoms with van der Waals surface area (Å²) in [6.45, 7) is 2.30. The first-order valence-electron chi connectivity index (χ1n) is 8.22. The highest BCUT2D eigenvalue weighted by molar-refractivity contribution is 5.68. The molecule has 26 heavy (non-hydrogen) atoms. The highest BCUT2D eigenvalue weighted by atomic mass is 16.3. The Hall–Kier alpha value is -3.54. The highest BCUT2D eigenvalue weighted by Crippen LogP contribution is 2.27. The molecule has 0 fully saturated rings. The van der Waals surface area contributed by atoms with Gasteiger partial charge in [-0.15, -0.1) is 0 Å². The second kappa shape index (κ2) is 6.40. The van der Waals surface area contributed by atoms with E-state index >= 15 is 0 Å². The molecule has 0 amide bonds. The second-order valence-electron chi connectivity index (χ2n) is 6.13. The zero-order chi connectivity index (χ0) is 18.1. The van der Waals surface area contributed by atoms with Crippen molar-refractivity contribution in [3.8, 4) is 17.0 Å². The van der Waals surface area contributed by atoms with Crippen LogP contribution in [0.15, 0.2) is 72.2 Å². The van der Waals surface area contributed by atoms with Crippen LogP contribution in [0.3, 0.4) is 0 Å². The molecule has 0 atom stereocenters. The van der Waals surface area contributed by atoms with Gasteiger partial charge in [0.15, 0.2) is 5.56 Å². The first kappa shape index (κ1) is 16.0. The van der Waals surface area contributed by atoms with Gasteiger partial charge in [-0.2, -0.15) is 8.97 Å². The van der Waals surface area contributed by atoms with Gasteiger partial charge in [0.25, 0.3) is 11.5 Å². The number of hydrogen-bond donors (Lipinski definition) is 1. The van der Waals surface area contributed by atoms with Crippen LogP contribution in [0.2, 0.25) is 0 Å². The lowest BCUT2D eigenvalue weighted by Gasteiger charge is -2.10. The molecule has 0 aliphatic carbocycles. The fourth-order valence-corrected chi connectivity index (χ4v) is 3.09. The van der Waals surface area contributed by atoms with Gasteiger partial charge >= 0.3 is 5.56 Å². The third-order valence-corrected chi connectivity index (χ3v) is 4.29. The van der Waals surface area contributed by atoms with E-state index < -0.39 is 0 Å². The number of hydrogen-bond acceptors (Lipinski definition) is 4. The summed E-state index contributed by atoms with van der Waals surface area (Å²) in [4.78, 5) is 21.1. The Balaban J connectivity index is 2.03. The molecule has 0 aliphatic heterocycles. The molecule has 128 valence electrons. The molecule has 0 aliphatic rings. The van der Waals surface area contributed by atoms with Crippen molar-refractivity contribution in [2.75, 3.05) is 0 Å². The molecule has 3 heterocycles. The Morgan fingerprint density at radius 2 is 1.92 bits per heavy atom. The number of aromatic nitrogens is 4. The molecule has 0 spiro atoms. The number of pyridine rings is 1. The van der Waals surface area contributed by atoms with Gasteiger partial charge in [-0.3, -0.25) is 0 Å². The number of benzene rings is 1. The Bertz CT molecular complexity index is 1150. The molecular weight excluding hydrogens is 328 g/mol. The van der Waals surface area contributed by atoms with Gasteiger partial charge in [0, 0.05) is 24.0 Å². The summed E-state index contributed by atoms with van der Waals surface area (Å²) < 4.78 is 3.24. The molecule has 4 rings (SSSR count). The average Bonchev–Trinajstić information content (AvgIpc) is 2.66. The van der Waals surface area contributed by atoms with Crippen LogP contribution in [-0.4, -0.2) is 19.6 Å². The maximum atomic E-state index is 13.0. The molecule has 6 nitrogen and oxygen atoms in total. The minimum absolute atomic E-state index is 0.0735. The van der Waals surface area contributed by atoms with Crippen molar-refractivity contribution in [2.24, 2.45) is 0 Å². The predicted molar refractivity (Wildman–Crippen MR) is 96.8 cm³/mol. The quantitative estimate of drug-likeness (QED) is 0.577. The fourth-order valence-electron chi connectivity index (χ4n) is 3.09. The summed E-state index contributed by atoms with van der Waals surface area (Å²) in [6.07, 6.45) is 6.54. The second-order valence-corrected chi connectivity index (χ2v) is 6.13. The van der Waals surface area contributed by atoms with Crippen LogP contribution in [0.5, 0.6) is 5.88 Å². The standard InChI is InChI=1S/C20H16N4O2/c1-14-5-4-6-16(9-14)18-19(25)23-8-3-2-7-17(23)24(20(18)26)12-15-10-21-13-22-11-15/h2-11,13H,12H2,1H3/p+1. The smallest absolute Gasteiger partial charge is 0.354 e. The van der Waals surface area contributed by atoms with Gasteiger partial charge in [0.1, 0.15) is 12.9 Å². The van der Waals surface area contributed by atoms with E-state index in [2.05, 4.69) is 9.97 Å². The lowest BCUT2D eigenvalue weighted by molar-refractivity contribution is -0.532. The van der Waals surface area contributed by atoms with Crippen molar-refractivity contribution >= 4 is 5.65 Å². The van der Waals surface area contributed by atoms with Crippen LogP contribution in [0.4, 0.5) is 0 Å². The fraction of sp³-hybridized carbons (Fsp3) is 0.100. The van der Waals surface area contributed by atoms with E-state index in [1.54, 1.807) is 39.7 Å². The van der Waals surface area contributed by atoms with Gasteiger partial charge in [-0.05, 0) is 18.6 Å². The van der Waals surface area contributed by atoms with Gasteiger partial charge in [-0.1, -0.05) is 35.9 Å². The van der Waals surface area contributed by atoms with Crippen molar-refractivity contribution < 1.29 is 9.51 Å². The Kier molecular flexibility index (Phi) is 3.93. The van der Waals surface area contributed by atoms with E-state index in [1.165, 1.54) is 6.33 Å². The summed E-state index contributed by atoms with van der Waals surface area (Å²) in [5, 5.41) is 11.0. The Labute approximate surface area is 149 Å². The average molecular weight is 345 g/mol. The van der Waals surface area contributed by atoms with Crippen LogP contribution in [-0.2, 0) is 6.54 Å². The molecule has 3 aromatic heterocycles. The van der Waals surface area contributed by atoms with Crippen LogP contribution in [0, 0.1) is 6.92 Å². The maximum absolute atomic E-state index is 13.0. The number of rotatable bonds is 3. The van der Waals surface area contributed by atoms with Crippen LogP contribution in [0.1, 0.15) is 11.1 Å². The van der Waals surface area contributed by atoms with Crippen molar-refractivity contribution in [2.45, 2.75) is 13.5 Å². The molecule has 0 saturated carbocycles. The van der Waals surface area contributed by atoms with Crippen molar-refractivity contribution in [3.05, 3.63) is 88.9 Å². The molecule has 4 aromatic rings. The van der Waals surface area contributed by atoms with Crippen molar-refractivity contribution in [1.29, 1.82) is 0 Å². The normalized spacial score (nSPS) is 11.0. The number of nitrogens with zero attached hydrogens (tertiary/aromatic N) is 4. The zero-order valence-electron chi connectivity index (χ0n) is 14.2. The lowest BCUT2D eigenvalue weighted by atomic mass is 10.1. The van der Waals surface area contributed by atoms with Crippen LogP contribution < -0.4 is 9.96 Å². The van der Waals surface area contributed by atoms with Crippen LogP contribution in [0.25, 0.3) is 16.8 Å². The molecular formula is C20H17N4O2+. The topological polar surface area (TPSA) is 72.1 Å². The number of aromatic hydroxyl groups is 1. The van der Waals surface area contributed by atoms with Gasteiger partial charge in [0.2, 0.25) is 0 Å². The molecule has 0 radical (unpaired) electrons. The summed E-state index contributed by atoms with van der Waals surface area (Å²) in [6, 6.07) is 13.0. The first-order valence-corrected chi connectivity index (χ1v) is 8.22. The summed E-state index contributed by atoms with van der Waals surface area (Å²) in [5.41, 5.74) is 3.13. The third-order valence-electron chi connectivity index (χ3n) is 4.29. The van der Waals surface area contributed by atoms with E-state index in [4.69, 9.17) is 0 Å². The Morgan fingerprint density at radius 3 is 2.69 bits per heavy atom. The van der Waals surface area contributed by atoms with E-state index in [9.17, 15) is 9.90 Å². The van der Waals surface area contributed by atoms with Crippen molar-refractivity contribution in [3.63, 3.8) is 0 Å². The first-order chi connectivity index (χ1) is 12.6. The monoisotopic (exact) mass is 345 g/mol. The molecule has 0 saturated heterocycles. The maximum Gasteiger partial charge on any atom is 0.354 e. The SMILES string of the molecule is Cc1cccc(-c2c(O)n(Cc3cncnc3)c3cccc[n+]3c2=O)c1. The molecule has 0 bridgehead atoms. The molecule has 6 heteroatoms. The Morgan fingerprint density at radius 1 is 1.12 bits per heavy atom. The predicted octanol–water partition coefficient (Wildman–Crippen LogP) is 2.11. The lowest BCUT2D eigenvalue weighted by Crippen LogP contribution is -2.43. The summed E-state index contributed by atoms with van der Waals surface area (Å²) >= 11 is 0. The van der Waals surface area contributed by atoms with E-state index in [-0.39, 0.29) is 17.0 Å². The van der Waals surface area contributed by atoms with Gasteiger partial charge in [0.05, 0.1) is 6.20 Å². The van der Waals surface area contributed by atoms with E-state index in [0.29, 0.717) is 17.8 Å². The third kappa shape index (κ3) is 2.71. The largest absolute Gasteiger partial charge is 0.477 e. The van der Waals surface area contributed by atoms with Gasteiger partial charge < -0.3 is 5.11 Å². The van der Waals surface area contributed by atoms with E-state index in [1.807, 2.05) is 37.3 Å². The van der Waals surface area contributed by atoms with Gasteiger partial charge in [-0.25, -0.2) is 14.8 Å². The van der Waals surface area contributed by atoms with Crippen LogP contribution >= 0.6 is 0 Å². The van der Waals surface area contributed by atoms with E-state index in [0.717, 1.165) is 11.1 Å². The highest BCUT2D eigenvalue weighted by Gasteiger charge is 2.25. The summed E-state index contributed by atoms with van der Waals surface area (Å²) in [5.74, 6) is -0.0735. The number of aryl methyl sites for hydroxylation is 1. The molecule has 0 unspecified atom stereocenters. The molecule has 1 aromatic carbocycles.